The van der Waals surface area contributed by atoms with E-state index in [1.54, 1.807) is 0 Å². The number of thiophene rings is 1. The van der Waals surface area contributed by atoms with Crippen LogP contribution in [0.4, 0.5) is 0 Å². The van der Waals surface area contributed by atoms with Gasteiger partial charge in [0.15, 0.2) is 0 Å². The van der Waals surface area contributed by atoms with E-state index in [1.165, 1.54) is 28.3 Å². The van der Waals surface area contributed by atoms with E-state index in [9.17, 15) is 0 Å². The number of halogens is 1. The van der Waals surface area contributed by atoms with Gasteiger partial charge in [0.25, 0.3) is 0 Å². The SMILES string of the molecule is Cc1ccc2sc(I)c(Sc3ccccc3)c2c1. The van der Waals surface area contributed by atoms with Gasteiger partial charge in [-0.1, -0.05) is 41.6 Å². The lowest BCUT2D eigenvalue weighted by molar-refractivity contribution is 1.44. The Hall–Kier alpha value is -0.520. The molecular formula is C15H11IS2. The first-order valence-corrected chi connectivity index (χ1v) is 8.37. The summed E-state index contributed by atoms with van der Waals surface area (Å²) in [6.45, 7) is 2.15. The molecule has 0 amide bonds. The molecule has 0 atom stereocenters. The van der Waals surface area contributed by atoms with Crippen molar-refractivity contribution in [2.45, 2.75) is 16.7 Å². The van der Waals surface area contributed by atoms with Crippen molar-refractivity contribution in [3.05, 3.63) is 57.0 Å². The maximum atomic E-state index is 2.45. The molecule has 3 rings (SSSR count). The molecule has 0 fully saturated rings. The van der Waals surface area contributed by atoms with Crippen LogP contribution in [0.25, 0.3) is 10.1 Å². The second-order valence-corrected chi connectivity index (χ2v) is 8.07. The van der Waals surface area contributed by atoms with Gasteiger partial charge in [-0.05, 0) is 53.8 Å². The molecule has 0 radical (unpaired) electrons. The predicted octanol–water partition coefficient (Wildman–Crippen LogP) is 5.97. The molecule has 18 heavy (non-hydrogen) atoms. The molecule has 0 aliphatic rings. The Kier molecular flexibility index (Phi) is 3.63. The number of aryl methyl sites for hydroxylation is 1. The molecular weight excluding hydrogens is 371 g/mol. The normalized spacial score (nSPS) is 11.0. The Labute approximate surface area is 129 Å². The number of hydrogen-bond acceptors (Lipinski definition) is 2. The summed E-state index contributed by atoms with van der Waals surface area (Å²) < 4.78 is 2.76. The summed E-state index contributed by atoms with van der Waals surface area (Å²) in [5.41, 5.74) is 1.33. The summed E-state index contributed by atoms with van der Waals surface area (Å²) in [6, 6.07) is 17.3. The van der Waals surface area contributed by atoms with Gasteiger partial charge >= 0.3 is 0 Å². The number of rotatable bonds is 2. The van der Waals surface area contributed by atoms with Crippen LogP contribution in [0.1, 0.15) is 5.56 Å². The molecule has 0 spiro atoms. The van der Waals surface area contributed by atoms with Gasteiger partial charge in [-0.3, -0.25) is 0 Å². The Balaban J connectivity index is 2.11. The maximum Gasteiger partial charge on any atom is 0.0805 e. The minimum absolute atomic E-state index is 1.30. The summed E-state index contributed by atoms with van der Waals surface area (Å²) in [6.07, 6.45) is 0. The van der Waals surface area contributed by atoms with Gasteiger partial charge in [0.1, 0.15) is 0 Å². The highest BCUT2D eigenvalue weighted by molar-refractivity contribution is 14.1. The van der Waals surface area contributed by atoms with Crippen LogP contribution in [0.2, 0.25) is 0 Å². The van der Waals surface area contributed by atoms with Crippen LogP contribution >= 0.6 is 45.7 Å². The third-order valence-corrected chi connectivity index (χ3v) is 6.51. The fraction of sp³-hybridized carbons (Fsp3) is 0.0667. The summed E-state index contributed by atoms with van der Waals surface area (Å²) in [7, 11) is 0. The fourth-order valence-electron chi connectivity index (χ4n) is 1.86. The van der Waals surface area contributed by atoms with Crippen LogP contribution in [-0.2, 0) is 0 Å². The van der Waals surface area contributed by atoms with E-state index in [0.717, 1.165) is 0 Å². The third kappa shape index (κ3) is 2.44. The molecule has 0 nitrogen and oxygen atoms in total. The zero-order valence-electron chi connectivity index (χ0n) is 9.81. The van der Waals surface area contributed by atoms with E-state index in [-0.39, 0.29) is 0 Å². The average molecular weight is 382 g/mol. The smallest absolute Gasteiger partial charge is 0.0805 e. The van der Waals surface area contributed by atoms with Crippen molar-refractivity contribution in [2.24, 2.45) is 0 Å². The largest absolute Gasteiger partial charge is 0.128 e. The molecule has 0 saturated carbocycles. The molecule has 1 aromatic heterocycles. The van der Waals surface area contributed by atoms with Gasteiger partial charge in [0.05, 0.1) is 2.88 Å². The first-order chi connectivity index (χ1) is 8.74. The van der Waals surface area contributed by atoms with Gasteiger partial charge in [-0.25, -0.2) is 0 Å². The van der Waals surface area contributed by atoms with Crippen molar-refractivity contribution in [1.29, 1.82) is 0 Å². The highest BCUT2D eigenvalue weighted by atomic mass is 127. The van der Waals surface area contributed by atoms with Crippen molar-refractivity contribution in [1.82, 2.24) is 0 Å². The van der Waals surface area contributed by atoms with Crippen molar-refractivity contribution in [3.8, 4) is 0 Å². The Morgan fingerprint density at radius 1 is 1.06 bits per heavy atom. The van der Waals surface area contributed by atoms with Crippen molar-refractivity contribution in [2.75, 3.05) is 0 Å². The zero-order valence-corrected chi connectivity index (χ0v) is 13.6. The van der Waals surface area contributed by atoms with Gasteiger partial charge < -0.3 is 0 Å². The van der Waals surface area contributed by atoms with Crippen molar-refractivity contribution < 1.29 is 0 Å². The number of benzene rings is 2. The van der Waals surface area contributed by atoms with E-state index >= 15 is 0 Å². The van der Waals surface area contributed by atoms with E-state index in [4.69, 9.17) is 0 Å². The van der Waals surface area contributed by atoms with E-state index in [2.05, 4.69) is 78.0 Å². The second kappa shape index (κ2) is 5.23. The van der Waals surface area contributed by atoms with Crippen LogP contribution in [0.5, 0.6) is 0 Å². The van der Waals surface area contributed by atoms with Gasteiger partial charge in [-0.15, -0.1) is 11.3 Å². The van der Waals surface area contributed by atoms with Crippen LogP contribution in [0.15, 0.2) is 58.3 Å². The molecule has 0 aliphatic carbocycles. The minimum atomic E-state index is 1.30. The summed E-state index contributed by atoms with van der Waals surface area (Å²) >= 11 is 6.18. The Morgan fingerprint density at radius 3 is 2.61 bits per heavy atom. The fourth-order valence-corrected chi connectivity index (χ4v) is 5.20. The lowest BCUT2D eigenvalue weighted by Crippen LogP contribution is -1.75. The molecule has 0 bridgehead atoms. The van der Waals surface area contributed by atoms with Gasteiger partial charge in [0.2, 0.25) is 0 Å². The highest BCUT2D eigenvalue weighted by Gasteiger charge is 2.11. The summed E-state index contributed by atoms with van der Waals surface area (Å²) in [5, 5.41) is 1.39. The van der Waals surface area contributed by atoms with E-state index < -0.39 is 0 Å². The molecule has 0 N–H and O–H groups in total. The van der Waals surface area contributed by atoms with E-state index in [1.807, 2.05) is 23.1 Å². The molecule has 0 aliphatic heterocycles. The maximum absolute atomic E-state index is 2.45. The van der Waals surface area contributed by atoms with Crippen LogP contribution < -0.4 is 0 Å². The lowest BCUT2D eigenvalue weighted by atomic mass is 10.2. The Morgan fingerprint density at radius 2 is 1.83 bits per heavy atom. The molecule has 0 saturated heterocycles. The summed E-state index contributed by atoms with van der Waals surface area (Å²) in [5.74, 6) is 0. The zero-order chi connectivity index (χ0) is 12.5. The van der Waals surface area contributed by atoms with Gasteiger partial charge in [-0.2, -0.15) is 0 Å². The van der Waals surface area contributed by atoms with Crippen LogP contribution in [0.3, 0.4) is 0 Å². The standard InChI is InChI=1S/C15H11IS2/c1-10-7-8-13-12(9-10)14(15(16)18-13)17-11-5-3-2-4-6-11/h2-9H,1H3. The quantitative estimate of drug-likeness (QED) is 0.493. The van der Waals surface area contributed by atoms with Crippen LogP contribution in [-0.4, -0.2) is 0 Å². The molecule has 0 unspecified atom stereocenters. The lowest BCUT2D eigenvalue weighted by Gasteiger charge is -2.01. The Bertz CT molecular complexity index is 686. The number of fused-ring (bicyclic) bond motifs is 1. The summed E-state index contributed by atoms with van der Waals surface area (Å²) in [4.78, 5) is 2.70. The van der Waals surface area contributed by atoms with Crippen molar-refractivity contribution >= 4 is 55.8 Å². The molecule has 90 valence electrons. The monoisotopic (exact) mass is 382 g/mol. The minimum Gasteiger partial charge on any atom is -0.128 e. The molecule has 1 heterocycles. The first-order valence-electron chi connectivity index (χ1n) is 5.65. The molecule has 3 aromatic rings. The first kappa shape index (κ1) is 12.5. The molecule has 3 heteroatoms. The van der Waals surface area contributed by atoms with Crippen LogP contribution in [0, 0.1) is 9.81 Å². The molecule has 2 aromatic carbocycles. The highest BCUT2D eigenvalue weighted by Crippen LogP contribution is 2.42. The second-order valence-electron chi connectivity index (χ2n) is 4.12. The predicted molar refractivity (Wildman–Crippen MR) is 89.8 cm³/mol. The van der Waals surface area contributed by atoms with Gasteiger partial charge in [0, 0.05) is 19.9 Å². The number of hydrogen-bond donors (Lipinski definition) is 0. The third-order valence-electron chi connectivity index (χ3n) is 2.72. The average Bonchev–Trinajstić information content (AvgIpc) is 2.67. The topological polar surface area (TPSA) is 0 Å². The van der Waals surface area contributed by atoms with E-state index in [0.29, 0.717) is 0 Å². The van der Waals surface area contributed by atoms with Crippen molar-refractivity contribution in [3.63, 3.8) is 0 Å².